The number of carbonyl (C=O) groups excluding carboxylic acids is 1. The van der Waals surface area contributed by atoms with Crippen LogP contribution in [0.2, 0.25) is 0 Å². The van der Waals surface area contributed by atoms with E-state index in [1.54, 1.807) is 35.0 Å². The van der Waals surface area contributed by atoms with Crippen LogP contribution in [-0.2, 0) is 6.54 Å². The van der Waals surface area contributed by atoms with Gasteiger partial charge in [0.05, 0.1) is 11.1 Å². The van der Waals surface area contributed by atoms with Crippen LogP contribution in [-0.4, -0.2) is 35.3 Å². The van der Waals surface area contributed by atoms with E-state index in [1.165, 1.54) is 6.33 Å². The zero-order valence-corrected chi connectivity index (χ0v) is 17.5. The van der Waals surface area contributed by atoms with Gasteiger partial charge in [0.2, 0.25) is 5.43 Å². The molecule has 0 atom stereocenters. The summed E-state index contributed by atoms with van der Waals surface area (Å²) in [6.07, 6.45) is 3.09. The van der Waals surface area contributed by atoms with E-state index < -0.39 is 5.91 Å². The van der Waals surface area contributed by atoms with E-state index in [-0.39, 0.29) is 11.0 Å². The molecule has 0 aliphatic heterocycles. The molecule has 9 nitrogen and oxygen atoms in total. The largest absolute Gasteiger partial charge is 0.332 e. The molecule has 0 saturated heterocycles. The molecule has 0 fully saturated rings. The molecule has 1 N–H and O–H groups in total. The topological polar surface area (TPSA) is 107 Å². The van der Waals surface area contributed by atoms with Crippen molar-refractivity contribution in [2.75, 3.05) is 5.32 Å². The van der Waals surface area contributed by atoms with Gasteiger partial charge in [-0.25, -0.2) is 4.98 Å². The lowest BCUT2D eigenvalue weighted by atomic mass is 10.1. The molecule has 0 aliphatic carbocycles. The fourth-order valence-corrected chi connectivity index (χ4v) is 3.60. The maximum atomic E-state index is 13.0. The minimum Gasteiger partial charge on any atom is -0.332 e. The predicted molar refractivity (Wildman–Crippen MR) is 121 cm³/mol. The first kappa shape index (κ1) is 19.6. The number of benzene rings is 1. The average molecular weight is 425 g/mol. The molecule has 5 rings (SSSR count). The minimum atomic E-state index is -0.473. The number of pyridine rings is 2. The maximum absolute atomic E-state index is 13.0. The van der Waals surface area contributed by atoms with E-state index >= 15 is 0 Å². The van der Waals surface area contributed by atoms with Crippen molar-refractivity contribution < 1.29 is 4.79 Å². The van der Waals surface area contributed by atoms with E-state index in [0.717, 1.165) is 11.3 Å². The Morgan fingerprint density at radius 2 is 2.00 bits per heavy atom. The van der Waals surface area contributed by atoms with E-state index in [9.17, 15) is 9.59 Å². The standard InChI is InChI=1S/C23H19N7O2/c1-3-29-12-18(21(31)17-8-7-14(2)25-22(17)29)23(32)26-16-6-4-5-15(11-16)19-9-10-20-27-24-13-30(20)28-19/h4-13H,3H2,1-2H3,(H,26,32). The van der Waals surface area contributed by atoms with Gasteiger partial charge in [0.1, 0.15) is 17.5 Å². The highest BCUT2D eigenvalue weighted by Crippen LogP contribution is 2.21. The van der Waals surface area contributed by atoms with Gasteiger partial charge in [0.25, 0.3) is 5.91 Å². The van der Waals surface area contributed by atoms with Gasteiger partial charge >= 0.3 is 0 Å². The summed E-state index contributed by atoms with van der Waals surface area (Å²) in [5, 5.41) is 15.5. The number of amides is 1. The smallest absolute Gasteiger partial charge is 0.261 e. The van der Waals surface area contributed by atoms with Crippen LogP contribution in [0.5, 0.6) is 0 Å². The van der Waals surface area contributed by atoms with Crippen LogP contribution < -0.4 is 10.7 Å². The zero-order chi connectivity index (χ0) is 22.2. The lowest BCUT2D eigenvalue weighted by molar-refractivity contribution is 0.102. The number of anilines is 1. The SMILES string of the molecule is CCn1cc(C(=O)Nc2cccc(-c3ccc4nncn4n3)c2)c(=O)c2ccc(C)nc21. The van der Waals surface area contributed by atoms with Crippen molar-refractivity contribution in [3.05, 3.63) is 82.5 Å². The maximum Gasteiger partial charge on any atom is 0.261 e. The fraction of sp³-hybridized carbons (Fsp3) is 0.130. The third kappa shape index (κ3) is 3.39. The van der Waals surface area contributed by atoms with Gasteiger partial charge in [-0.15, -0.1) is 10.2 Å². The molecule has 1 amide bonds. The molecule has 0 aliphatic rings. The van der Waals surface area contributed by atoms with Gasteiger partial charge < -0.3 is 9.88 Å². The number of nitrogens with zero attached hydrogens (tertiary/aromatic N) is 6. The van der Waals surface area contributed by atoms with Crippen molar-refractivity contribution in [1.29, 1.82) is 0 Å². The van der Waals surface area contributed by atoms with Gasteiger partial charge in [-0.2, -0.15) is 9.61 Å². The monoisotopic (exact) mass is 425 g/mol. The second kappa shape index (κ2) is 7.69. The van der Waals surface area contributed by atoms with E-state index in [0.29, 0.717) is 34.6 Å². The van der Waals surface area contributed by atoms with Crippen molar-refractivity contribution in [2.45, 2.75) is 20.4 Å². The molecular formula is C23H19N7O2. The van der Waals surface area contributed by atoms with E-state index in [4.69, 9.17) is 0 Å². The summed E-state index contributed by atoms with van der Waals surface area (Å²) < 4.78 is 3.39. The summed E-state index contributed by atoms with van der Waals surface area (Å²) in [5.41, 5.74) is 3.83. The van der Waals surface area contributed by atoms with Gasteiger partial charge in [0, 0.05) is 29.7 Å². The zero-order valence-electron chi connectivity index (χ0n) is 17.5. The number of hydrogen-bond donors (Lipinski definition) is 1. The Bertz CT molecular complexity index is 1550. The van der Waals surface area contributed by atoms with Crippen molar-refractivity contribution in [2.24, 2.45) is 0 Å². The number of hydrogen-bond acceptors (Lipinski definition) is 6. The van der Waals surface area contributed by atoms with Crippen molar-refractivity contribution >= 4 is 28.3 Å². The molecule has 32 heavy (non-hydrogen) atoms. The summed E-state index contributed by atoms with van der Waals surface area (Å²) in [5.74, 6) is -0.473. The second-order valence-electron chi connectivity index (χ2n) is 7.37. The molecule has 158 valence electrons. The molecule has 5 aromatic rings. The van der Waals surface area contributed by atoms with E-state index in [1.807, 2.05) is 42.7 Å². The molecule has 0 radical (unpaired) electrons. The van der Waals surface area contributed by atoms with Crippen LogP contribution in [0.4, 0.5) is 5.69 Å². The first-order valence-electron chi connectivity index (χ1n) is 10.1. The van der Waals surface area contributed by atoms with Crippen LogP contribution in [0.15, 0.2) is 65.8 Å². The van der Waals surface area contributed by atoms with Crippen LogP contribution in [0.1, 0.15) is 23.0 Å². The van der Waals surface area contributed by atoms with Crippen LogP contribution >= 0.6 is 0 Å². The Morgan fingerprint density at radius 1 is 1.12 bits per heavy atom. The van der Waals surface area contributed by atoms with Gasteiger partial charge in [-0.3, -0.25) is 9.59 Å². The summed E-state index contributed by atoms with van der Waals surface area (Å²) in [7, 11) is 0. The normalized spacial score (nSPS) is 11.2. The number of nitrogens with one attached hydrogen (secondary N) is 1. The summed E-state index contributed by atoms with van der Waals surface area (Å²) in [6, 6.07) is 14.4. The Labute approximate surface area is 182 Å². The fourth-order valence-electron chi connectivity index (χ4n) is 3.60. The van der Waals surface area contributed by atoms with Gasteiger partial charge in [0.15, 0.2) is 5.65 Å². The van der Waals surface area contributed by atoms with Crippen molar-refractivity contribution in [3.63, 3.8) is 0 Å². The first-order valence-corrected chi connectivity index (χ1v) is 10.1. The highest BCUT2D eigenvalue weighted by atomic mass is 16.2. The summed E-state index contributed by atoms with van der Waals surface area (Å²) >= 11 is 0. The van der Waals surface area contributed by atoms with Gasteiger partial charge in [-0.1, -0.05) is 12.1 Å². The molecule has 4 heterocycles. The molecular weight excluding hydrogens is 406 g/mol. The van der Waals surface area contributed by atoms with Crippen LogP contribution in [0.25, 0.3) is 27.9 Å². The molecule has 1 aromatic carbocycles. The minimum absolute atomic E-state index is 0.0689. The quantitative estimate of drug-likeness (QED) is 0.474. The predicted octanol–water partition coefficient (Wildman–Crippen LogP) is 3.08. The molecule has 0 spiro atoms. The third-order valence-corrected chi connectivity index (χ3v) is 5.22. The van der Waals surface area contributed by atoms with Gasteiger partial charge in [-0.05, 0) is 50.2 Å². The Kier molecular flexibility index (Phi) is 4.70. The van der Waals surface area contributed by atoms with E-state index in [2.05, 4.69) is 25.6 Å². The highest BCUT2D eigenvalue weighted by Gasteiger charge is 2.16. The number of aryl methyl sites for hydroxylation is 2. The number of fused-ring (bicyclic) bond motifs is 2. The van der Waals surface area contributed by atoms with Crippen molar-refractivity contribution in [1.82, 2.24) is 29.4 Å². The lowest BCUT2D eigenvalue weighted by Gasteiger charge is -2.12. The highest BCUT2D eigenvalue weighted by molar-refractivity contribution is 6.05. The number of aromatic nitrogens is 6. The molecule has 0 saturated carbocycles. The number of carbonyl (C=O) groups is 1. The van der Waals surface area contributed by atoms with Crippen LogP contribution in [0, 0.1) is 6.92 Å². The third-order valence-electron chi connectivity index (χ3n) is 5.22. The second-order valence-corrected chi connectivity index (χ2v) is 7.37. The molecule has 0 bridgehead atoms. The lowest BCUT2D eigenvalue weighted by Crippen LogP contribution is -2.24. The Hall–Kier alpha value is -4.40. The Morgan fingerprint density at radius 3 is 2.84 bits per heavy atom. The van der Waals surface area contributed by atoms with Crippen molar-refractivity contribution in [3.8, 4) is 11.3 Å². The van der Waals surface area contributed by atoms with Crippen LogP contribution in [0.3, 0.4) is 0 Å². The summed E-state index contributed by atoms with van der Waals surface area (Å²) in [4.78, 5) is 30.5. The summed E-state index contributed by atoms with van der Waals surface area (Å²) in [6.45, 7) is 4.40. The molecule has 4 aromatic heterocycles. The molecule has 0 unspecified atom stereocenters. The Balaban J connectivity index is 1.49. The first-order chi connectivity index (χ1) is 15.5. The molecule has 9 heteroatoms. The number of rotatable bonds is 4. The average Bonchev–Trinajstić information content (AvgIpc) is 3.27.